The van der Waals surface area contributed by atoms with E-state index < -0.39 is 35.1 Å². The highest BCUT2D eigenvalue weighted by Crippen LogP contribution is 2.59. The van der Waals surface area contributed by atoms with E-state index in [2.05, 4.69) is 0 Å². The zero-order valence-corrected chi connectivity index (χ0v) is 32.6. The number of para-hydroxylation sites is 4. The number of carbonyl (C=O) groups excluding carboxylic acids is 4. The molecule has 12 nitrogen and oxygen atoms in total. The molecule has 4 aromatic carbocycles. The molecule has 5 atom stereocenters. The lowest BCUT2D eigenvalue weighted by molar-refractivity contribution is -0.150. The maximum Gasteiger partial charge on any atom is 0.269 e. The summed E-state index contributed by atoms with van der Waals surface area (Å²) in [5.41, 5.74) is 0.534. The number of benzene rings is 4. The first kappa shape index (κ1) is 37.8. The lowest BCUT2D eigenvalue weighted by atomic mass is 9.71. The fraction of sp³-hybridized carbons (Fsp3) is 0.378. The van der Waals surface area contributed by atoms with Crippen LogP contribution >= 0.6 is 0 Å². The summed E-state index contributed by atoms with van der Waals surface area (Å²) in [7, 11) is 0. The maximum absolute atomic E-state index is 16.6. The molecule has 5 heterocycles. The number of rotatable bonds is 8. The smallest absolute Gasteiger partial charge is 0.269 e. The van der Waals surface area contributed by atoms with E-state index in [9.17, 15) is 19.5 Å². The zero-order chi connectivity index (χ0) is 40.5. The molecule has 0 radical (unpaired) electrons. The van der Waals surface area contributed by atoms with Crippen LogP contribution < -0.4 is 24.2 Å². The van der Waals surface area contributed by atoms with Crippen molar-refractivity contribution in [1.29, 1.82) is 0 Å². The Labute approximate surface area is 335 Å². The molecule has 0 aromatic heterocycles. The maximum atomic E-state index is 16.6. The first-order valence-electron chi connectivity index (χ1n) is 19.8. The minimum Gasteiger partial charge on any atom is -0.482 e. The minimum absolute atomic E-state index is 0.0922. The molecule has 2 saturated heterocycles. The van der Waals surface area contributed by atoms with Gasteiger partial charge in [-0.15, -0.1) is 0 Å². The van der Waals surface area contributed by atoms with Crippen LogP contribution in [0, 0.1) is 11.8 Å². The predicted octanol–water partition coefficient (Wildman–Crippen LogP) is 6.32. The summed E-state index contributed by atoms with van der Waals surface area (Å²) >= 11 is 0. The van der Waals surface area contributed by atoms with Gasteiger partial charge in [-0.1, -0.05) is 43.3 Å². The standard InChI is InChI=1S/C45H45FN4O8/c1-27-42(44(2,3)46)38(22-39(52)47-20-8-9-31(47)24-51)58-45(27)32-21-30(50-35-11-5-7-13-37(35)57-26-41(50)54)18-19-33(32)48(43(45)55)23-28-14-16-29(17-15-28)49-34-10-4-6-12-36(34)56-25-40(49)53/h4-7,10-19,21,27,31,38,42,51H,8-9,20,22-26H2,1-3H3/t27-,31+,38+,42-,45+/m1/s1. The highest BCUT2D eigenvalue weighted by Gasteiger charge is 2.66. The number of ether oxygens (including phenoxy) is 3. The van der Waals surface area contributed by atoms with Gasteiger partial charge in [0.1, 0.15) is 17.2 Å². The van der Waals surface area contributed by atoms with Gasteiger partial charge < -0.3 is 29.1 Å². The lowest BCUT2D eigenvalue weighted by Crippen LogP contribution is -2.45. The van der Waals surface area contributed by atoms with Crippen molar-refractivity contribution >= 4 is 52.1 Å². The lowest BCUT2D eigenvalue weighted by Gasteiger charge is -2.33. The van der Waals surface area contributed by atoms with Crippen LogP contribution in [0.3, 0.4) is 0 Å². The van der Waals surface area contributed by atoms with E-state index in [1.807, 2.05) is 67.6 Å². The predicted molar refractivity (Wildman–Crippen MR) is 213 cm³/mol. The van der Waals surface area contributed by atoms with Crippen molar-refractivity contribution in [2.24, 2.45) is 11.8 Å². The van der Waals surface area contributed by atoms with Gasteiger partial charge in [0.05, 0.1) is 48.8 Å². The van der Waals surface area contributed by atoms with Crippen LogP contribution in [0.4, 0.5) is 32.8 Å². The molecule has 300 valence electrons. The Bertz CT molecular complexity index is 2310. The van der Waals surface area contributed by atoms with Gasteiger partial charge in [0.25, 0.3) is 17.7 Å². The Morgan fingerprint density at radius 3 is 2.07 bits per heavy atom. The molecule has 4 amide bonds. The summed E-state index contributed by atoms with van der Waals surface area (Å²) in [5.74, 6) is -1.65. The van der Waals surface area contributed by atoms with E-state index in [-0.39, 0.29) is 56.5 Å². The van der Waals surface area contributed by atoms with E-state index in [1.165, 1.54) is 13.8 Å². The van der Waals surface area contributed by atoms with Crippen LogP contribution in [-0.2, 0) is 36.1 Å². The summed E-state index contributed by atoms with van der Waals surface area (Å²) in [4.78, 5) is 62.2. The summed E-state index contributed by atoms with van der Waals surface area (Å²) in [5, 5.41) is 9.98. The first-order chi connectivity index (χ1) is 27.9. The van der Waals surface area contributed by atoms with Crippen LogP contribution in [0.2, 0.25) is 0 Å². The monoisotopic (exact) mass is 788 g/mol. The largest absolute Gasteiger partial charge is 0.482 e. The summed E-state index contributed by atoms with van der Waals surface area (Å²) in [6.07, 6.45) is 0.297. The molecule has 1 spiro atoms. The fourth-order valence-corrected chi connectivity index (χ4v) is 9.88. The Morgan fingerprint density at radius 1 is 0.845 bits per heavy atom. The van der Waals surface area contributed by atoms with E-state index in [4.69, 9.17) is 14.2 Å². The molecular weight excluding hydrogens is 744 g/mol. The molecule has 5 aliphatic heterocycles. The second kappa shape index (κ2) is 14.2. The highest BCUT2D eigenvalue weighted by molar-refractivity contribution is 6.10. The van der Waals surface area contributed by atoms with Crippen molar-refractivity contribution in [2.45, 2.75) is 70.0 Å². The van der Waals surface area contributed by atoms with E-state index >= 15 is 9.18 Å². The molecule has 4 aromatic rings. The molecule has 5 aliphatic rings. The summed E-state index contributed by atoms with van der Waals surface area (Å²) in [6.45, 7) is 4.89. The van der Waals surface area contributed by atoms with E-state index in [0.717, 1.165) is 12.0 Å². The molecule has 1 N–H and O–H groups in total. The van der Waals surface area contributed by atoms with Gasteiger partial charge in [-0.3, -0.25) is 29.0 Å². The Kier molecular flexibility index (Phi) is 9.27. The normalized spacial score (nSPS) is 25.2. The third kappa shape index (κ3) is 6.01. The number of nitrogens with zero attached hydrogens (tertiary/aromatic N) is 4. The second-order valence-corrected chi connectivity index (χ2v) is 16.3. The highest BCUT2D eigenvalue weighted by atomic mass is 19.1. The van der Waals surface area contributed by atoms with Crippen molar-refractivity contribution in [3.8, 4) is 11.5 Å². The molecule has 0 aliphatic carbocycles. The van der Waals surface area contributed by atoms with Crippen LogP contribution in [0.25, 0.3) is 0 Å². The van der Waals surface area contributed by atoms with E-state index in [1.54, 1.807) is 49.9 Å². The van der Waals surface area contributed by atoms with E-state index in [0.29, 0.717) is 58.5 Å². The molecule has 2 fully saturated rings. The van der Waals surface area contributed by atoms with Crippen molar-refractivity contribution in [2.75, 3.05) is 41.1 Å². The molecule has 58 heavy (non-hydrogen) atoms. The first-order valence-corrected chi connectivity index (χ1v) is 19.8. The van der Waals surface area contributed by atoms with Gasteiger partial charge in [-0.2, -0.15) is 0 Å². The topological polar surface area (TPSA) is 129 Å². The number of aliphatic hydroxyl groups excluding tert-OH is 1. The Morgan fingerprint density at radius 2 is 1.45 bits per heavy atom. The number of alkyl halides is 1. The number of likely N-dealkylation sites (tertiary alicyclic amines) is 1. The van der Waals surface area contributed by atoms with Crippen LogP contribution in [0.5, 0.6) is 11.5 Å². The van der Waals surface area contributed by atoms with Crippen molar-refractivity contribution < 1.29 is 42.9 Å². The number of halogens is 1. The number of hydrogen-bond acceptors (Lipinski definition) is 8. The average molecular weight is 789 g/mol. The van der Waals surface area contributed by atoms with Gasteiger partial charge in [0.2, 0.25) is 5.91 Å². The van der Waals surface area contributed by atoms with Crippen LogP contribution in [0.1, 0.15) is 51.2 Å². The third-order valence-electron chi connectivity index (χ3n) is 12.4. The average Bonchev–Trinajstić information content (AvgIpc) is 3.88. The van der Waals surface area contributed by atoms with Crippen molar-refractivity contribution in [3.63, 3.8) is 0 Å². The molecular formula is C45H45FN4O8. The van der Waals surface area contributed by atoms with Crippen LogP contribution in [-0.4, -0.2) is 77.8 Å². The Balaban J connectivity index is 1.11. The van der Waals surface area contributed by atoms with Gasteiger partial charge in [0, 0.05) is 35.3 Å². The molecule has 9 rings (SSSR count). The van der Waals surface area contributed by atoms with Gasteiger partial charge >= 0.3 is 0 Å². The number of carbonyl (C=O) groups is 4. The molecule has 0 saturated carbocycles. The number of hydrogen-bond donors (Lipinski definition) is 1. The summed E-state index contributed by atoms with van der Waals surface area (Å²) < 4.78 is 34.9. The number of amides is 4. The fourth-order valence-electron chi connectivity index (χ4n) is 9.88. The minimum atomic E-state index is -1.86. The Hall–Kier alpha value is -5.79. The molecule has 0 bridgehead atoms. The van der Waals surface area contributed by atoms with Crippen molar-refractivity contribution in [3.05, 3.63) is 102 Å². The molecule has 13 heteroatoms. The number of fused-ring (bicyclic) bond motifs is 4. The van der Waals surface area contributed by atoms with Crippen molar-refractivity contribution in [1.82, 2.24) is 4.90 Å². The van der Waals surface area contributed by atoms with Gasteiger partial charge in [-0.25, -0.2) is 4.39 Å². The van der Waals surface area contributed by atoms with Gasteiger partial charge in [0.15, 0.2) is 18.8 Å². The van der Waals surface area contributed by atoms with Gasteiger partial charge in [-0.05, 0) is 86.8 Å². The van der Waals surface area contributed by atoms with Crippen LogP contribution in [0.15, 0.2) is 91.0 Å². The quantitative estimate of drug-likeness (QED) is 0.220. The zero-order valence-electron chi connectivity index (χ0n) is 32.6. The SMILES string of the molecule is C[C@@H]1[C@@H](C(C)(C)F)[C@H](CC(=O)N2CCC[C@H]2CO)O[C@@]12C(=O)N(Cc1ccc(N3C(=O)COc4ccccc43)cc1)c1ccc(N3C(=O)COc4ccccc43)cc12. The summed E-state index contributed by atoms with van der Waals surface area (Å²) in [6, 6.07) is 26.9. The second-order valence-electron chi connectivity index (χ2n) is 16.3. The molecule has 0 unspecified atom stereocenters. The number of aliphatic hydroxyl groups is 1. The third-order valence-corrected chi connectivity index (χ3v) is 12.4. The number of anilines is 5.